The minimum absolute atomic E-state index is 0. The molecule has 1 aromatic carbocycles. The molecule has 2 N–H and O–H groups in total. The molecular weight excluding hydrogens is 423 g/mol. The van der Waals surface area contributed by atoms with Gasteiger partial charge in [-0.25, -0.2) is 0 Å². The smallest absolute Gasteiger partial charge is 0.253 e. The fraction of sp³-hybridized carbons (Fsp3) is 0.409. The van der Waals surface area contributed by atoms with Gasteiger partial charge in [0.25, 0.3) is 5.91 Å². The molecule has 2 aromatic rings. The molecule has 0 aliphatic carbocycles. The number of likely N-dealkylation sites (tertiary alicyclic amines) is 1. The predicted octanol–water partition coefficient (Wildman–Crippen LogP) is 2.81. The van der Waals surface area contributed by atoms with E-state index in [2.05, 4.69) is 17.1 Å². The van der Waals surface area contributed by atoms with Gasteiger partial charge >= 0.3 is 0 Å². The summed E-state index contributed by atoms with van der Waals surface area (Å²) in [4.78, 5) is 33.5. The Bertz CT molecular complexity index is 777. The van der Waals surface area contributed by atoms with Crippen molar-refractivity contribution in [3.63, 3.8) is 0 Å². The number of nitrogens with two attached hydrogens (primary N) is 1. The zero-order valence-corrected chi connectivity index (χ0v) is 18.6. The predicted molar refractivity (Wildman–Crippen MR) is 123 cm³/mol. The monoisotopic (exact) mass is 452 g/mol. The van der Waals surface area contributed by atoms with Crippen molar-refractivity contribution in [2.45, 2.75) is 19.3 Å². The Hall–Kier alpha value is -2.15. The van der Waals surface area contributed by atoms with Gasteiger partial charge in [-0.3, -0.25) is 14.6 Å². The van der Waals surface area contributed by atoms with E-state index in [0.29, 0.717) is 38.3 Å². The molecule has 30 heavy (non-hydrogen) atoms. The summed E-state index contributed by atoms with van der Waals surface area (Å²) in [5, 5.41) is 0. The average molecular weight is 453 g/mol. The van der Waals surface area contributed by atoms with Crippen LogP contribution in [0.5, 0.6) is 0 Å². The topological polar surface area (TPSA) is 79.5 Å². The molecule has 2 amide bonds. The highest BCUT2D eigenvalue weighted by Gasteiger charge is 2.31. The Kier molecular flexibility index (Phi) is 11.4. The van der Waals surface area contributed by atoms with E-state index in [-0.39, 0.29) is 42.5 Å². The number of rotatable bonds is 7. The summed E-state index contributed by atoms with van der Waals surface area (Å²) < 4.78 is 0. The zero-order valence-electron chi connectivity index (χ0n) is 17.0. The first-order valence-electron chi connectivity index (χ1n) is 9.91. The minimum Gasteiger partial charge on any atom is -0.341 e. The molecule has 1 aliphatic rings. The largest absolute Gasteiger partial charge is 0.341 e. The SMILES string of the molecule is Cl.Cl.NCCN(CCc1ccccc1)C(=O)C1CCCN(C(=O)c2ccncc2)C1. The Morgan fingerprint density at radius 2 is 1.77 bits per heavy atom. The first-order valence-corrected chi connectivity index (χ1v) is 9.91. The number of pyridine rings is 1. The van der Waals surface area contributed by atoms with Crippen LogP contribution in [0, 0.1) is 5.92 Å². The van der Waals surface area contributed by atoms with E-state index in [0.717, 1.165) is 19.3 Å². The number of piperidine rings is 1. The van der Waals surface area contributed by atoms with Crippen LogP contribution < -0.4 is 5.73 Å². The van der Waals surface area contributed by atoms with Crippen LogP contribution in [-0.4, -0.2) is 59.3 Å². The second kappa shape index (κ2) is 13.2. The second-order valence-electron chi connectivity index (χ2n) is 7.18. The van der Waals surface area contributed by atoms with Gasteiger partial charge in [0.15, 0.2) is 0 Å². The van der Waals surface area contributed by atoms with E-state index < -0.39 is 0 Å². The minimum atomic E-state index is -0.165. The van der Waals surface area contributed by atoms with Crippen LogP contribution in [-0.2, 0) is 11.2 Å². The summed E-state index contributed by atoms with van der Waals surface area (Å²) in [5.74, 6) is -0.0926. The highest BCUT2D eigenvalue weighted by molar-refractivity contribution is 5.94. The van der Waals surface area contributed by atoms with Crippen molar-refractivity contribution in [2.24, 2.45) is 11.7 Å². The maximum absolute atomic E-state index is 13.1. The van der Waals surface area contributed by atoms with Gasteiger partial charge in [-0.2, -0.15) is 0 Å². The van der Waals surface area contributed by atoms with Gasteiger partial charge in [-0.15, -0.1) is 24.8 Å². The number of hydrogen-bond donors (Lipinski definition) is 1. The van der Waals surface area contributed by atoms with Crippen LogP contribution in [0.2, 0.25) is 0 Å². The first-order chi connectivity index (χ1) is 13.7. The molecule has 1 aromatic heterocycles. The molecule has 0 radical (unpaired) electrons. The van der Waals surface area contributed by atoms with Gasteiger partial charge in [0, 0.05) is 50.7 Å². The third kappa shape index (κ3) is 6.97. The molecule has 1 atom stereocenters. The number of amides is 2. The van der Waals surface area contributed by atoms with E-state index in [1.807, 2.05) is 23.1 Å². The van der Waals surface area contributed by atoms with Crippen molar-refractivity contribution >= 4 is 36.6 Å². The fourth-order valence-corrected chi connectivity index (χ4v) is 3.70. The van der Waals surface area contributed by atoms with E-state index >= 15 is 0 Å². The Balaban J connectivity index is 0.00000225. The number of carbonyl (C=O) groups is 2. The number of benzene rings is 1. The molecule has 1 aliphatic heterocycles. The molecule has 1 saturated heterocycles. The molecule has 3 rings (SSSR count). The molecule has 1 unspecified atom stereocenters. The van der Waals surface area contributed by atoms with E-state index in [1.165, 1.54) is 5.56 Å². The molecule has 164 valence electrons. The molecule has 2 heterocycles. The van der Waals surface area contributed by atoms with Gasteiger partial charge in [-0.05, 0) is 37.0 Å². The fourth-order valence-electron chi connectivity index (χ4n) is 3.70. The molecule has 0 spiro atoms. The van der Waals surface area contributed by atoms with Crippen LogP contribution in [0.4, 0.5) is 0 Å². The van der Waals surface area contributed by atoms with Gasteiger partial charge < -0.3 is 15.5 Å². The first kappa shape index (κ1) is 25.9. The zero-order chi connectivity index (χ0) is 19.8. The third-order valence-electron chi connectivity index (χ3n) is 5.21. The van der Waals surface area contributed by atoms with Crippen LogP contribution in [0.1, 0.15) is 28.8 Å². The summed E-state index contributed by atoms with van der Waals surface area (Å²) in [5.41, 5.74) is 7.57. The molecule has 0 bridgehead atoms. The maximum Gasteiger partial charge on any atom is 0.253 e. The van der Waals surface area contributed by atoms with Crippen molar-refractivity contribution in [1.82, 2.24) is 14.8 Å². The molecule has 0 saturated carbocycles. The average Bonchev–Trinajstić information content (AvgIpc) is 2.77. The van der Waals surface area contributed by atoms with E-state index in [1.54, 1.807) is 29.4 Å². The number of aromatic nitrogens is 1. The highest BCUT2D eigenvalue weighted by atomic mass is 35.5. The summed E-state index contributed by atoms with van der Waals surface area (Å²) in [6.07, 6.45) is 5.69. The second-order valence-corrected chi connectivity index (χ2v) is 7.18. The summed E-state index contributed by atoms with van der Waals surface area (Å²) in [6, 6.07) is 13.6. The molecular formula is C22H30Cl2N4O2. The number of hydrogen-bond acceptors (Lipinski definition) is 4. The lowest BCUT2D eigenvalue weighted by molar-refractivity contribution is -0.136. The standard InChI is InChI=1S/C22H28N4O2.2ClH/c23-11-16-25(15-10-18-5-2-1-3-6-18)22(28)20-7-4-14-26(17-20)21(27)19-8-12-24-13-9-19;;/h1-3,5-6,8-9,12-13,20H,4,7,10-11,14-17,23H2;2*1H. The number of nitrogens with zero attached hydrogens (tertiary/aromatic N) is 3. The van der Waals surface area contributed by atoms with Crippen molar-refractivity contribution in [1.29, 1.82) is 0 Å². The quantitative estimate of drug-likeness (QED) is 0.700. The third-order valence-corrected chi connectivity index (χ3v) is 5.21. The lowest BCUT2D eigenvalue weighted by atomic mass is 9.95. The Morgan fingerprint density at radius 1 is 1.07 bits per heavy atom. The van der Waals surface area contributed by atoms with Gasteiger partial charge in [-0.1, -0.05) is 30.3 Å². The summed E-state index contributed by atoms with van der Waals surface area (Å²) in [6.45, 7) is 2.78. The lowest BCUT2D eigenvalue weighted by Crippen LogP contribution is -2.48. The van der Waals surface area contributed by atoms with Crippen LogP contribution in [0.3, 0.4) is 0 Å². The molecule has 8 heteroatoms. The normalized spacial score (nSPS) is 15.5. The highest BCUT2D eigenvalue weighted by Crippen LogP contribution is 2.21. The van der Waals surface area contributed by atoms with Crippen molar-refractivity contribution in [3.8, 4) is 0 Å². The Morgan fingerprint density at radius 3 is 2.43 bits per heavy atom. The number of carbonyl (C=O) groups excluding carboxylic acids is 2. The van der Waals surface area contributed by atoms with E-state index in [4.69, 9.17) is 5.73 Å². The molecule has 1 fully saturated rings. The van der Waals surface area contributed by atoms with Gasteiger partial charge in [0.05, 0.1) is 5.92 Å². The molecule has 6 nitrogen and oxygen atoms in total. The summed E-state index contributed by atoms with van der Waals surface area (Å²) >= 11 is 0. The van der Waals surface area contributed by atoms with Crippen LogP contribution >= 0.6 is 24.8 Å². The summed E-state index contributed by atoms with van der Waals surface area (Å²) in [7, 11) is 0. The van der Waals surface area contributed by atoms with Gasteiger partial charge in [0.2, 0.25) is 5.91 Å². The van der Waals surface area contributed by atoms with Gasteiger partial charge in [0.1, 0.15) is 0 Å². The van der Waals surface area contributed by atoms with Crippen molar-refractivity contribution < 1.29 is 9.59 Å². The van der Waals surface area contributed by atoms with Crippen molar-refractivity contribution in [3.05, 3.63) is 66.0 Å². The number of halogens is 2. The Labute approximate surface area is 190 Å². The lowest BCUT2D eigenvalue weighted by Gasteiger charge is -2.35. The van der Waals surface area contributed by atoms with E-state index in [9.17, 15) is 9.59 Å². The van der Waals surface area contributed by atoms with Crippen molar-refractivity contribution in [2.75, 3.05) is 32.7 Å². The van der Waals surface area contributed by atoms with Crippen LogP contribution in [0.15, 0.2) is 54.9 Å². The van der Waals surface area contributed by atoms with Crippen LogP contribution in [0.25, 0.3) is 0 Å². The maximum atomic E-state index is 13.1.